The summed E-state index contributed by atoms with van der Waals surface area (Å²) in [6, 6.07) is 7.14. The zero-order chi connectivity index (χ0) is 13.8. The quantitative estimate of drug-likeness (QED) is 0.795. The second-order valence-corrected chi connectivity index (χ2v) is 5.64. The zero-order valence-corrected chi connectivity index (χ0v) is 12.2. The molecule has 0 aliphatic carbocycles. The lowest BCUT2D eigenvalue weighted by molar-refractivity contribution is -0.0675. The van der Waals surface area contributed by atoms with Gasteiger partial charge in [-0.2, -0.15) is 0 Å². The van der Waals surface area contributed by atoms with Crippen LogP contribution in [0.2, 0.25) is 5.02 Å². The topological polar surface area (TPSA) is 29.5 Å². The minimum atomic E-state index is 0.147. The summed E-state index contributed by atoms with van der Waals surface area (Å²) in [5.41, 5.74) is 0.696. The van der Waals surface area contributed by atoms with E-state index in [0.717, 1.165) is 19.6 Å². The number of benzene rings is 1. The van der Waals surface area contributed by atoms with Gasteiger partial charge in [0.15, 0.2) is 5.78 Å². The maximum Gasteiger partial charge on any atom is 0.164 e. The first-order chi connectivity index (χ1) is 9.04. The molecule has 1 heterocycles. The van der Waals surface area contributed by atoms with Crippen molar-refractivity contribution in [3.05, 3.63) is 34.9 Å². The summed E-state index contributed by atoms with van der Waals surface area (Å²) in [5.74, 6) is 0.147. The molecule has 3 nitrogen and oxygen atoms in total. The van der Waals surface area contributed by atoms with Crippen LogP contribution in [0.25, 0.3) is 0 Å². The number of ether oxygens (including phenoxy) is 1. The first kappa shape index (κ1) is 14.5. The van der Waals surface area contributed by atoms with Crippen LogP contribution in [0.1, 0.15) is 30.6 Å². The number of morpholine rings is 1. The van der Waals surface area contributed by atoms with Crippen molar-refractivity contribution in [2.75, 3.05) is 19.6 Å². The molecule has 104 valence electrons. The van der Waals surface area contributed by atoms with Gasteiger partial charge in [-0.1, -0.05) is 23.7 Å². The second-order valence-electron chi connectivity index (χ2n) is 5.20. The number of carbonyl (C=O) groups is 1. The summed E-state index contributed by atoms with van der Waals surface area (Å²) in [7, 11) is 0. The van der Waals surface area contributed by atoms with Crippen LogP contribution in [0.4, 0.5) is 0 Å². The highest BCUT2D eigenvalue weighted by molar-refractivity contribution is 6.31. The molecule has 0 spiro atoms. The van der Waals surface area contributed by atoms with Crippen molar-refractivity contribution >= 4 is 17.4 Å². The summed E-state index contributed by atoms with van der Waals surface area (Å²) < 4.78 is 5.68. The highest BCUT2D eigenvalue weighted by Gasteiger charge is 2.22. The van der Waals surface area contributed by atoms with Gasteiger partial charge in [0, 0.05) is 36.6 Å². The van der Waals surface area contributed by atoms with Gasteiger partial charge < -0.3 is 4.74 Å². The van der Waals surface area contributed by atoms with Crippen LogP contribution in [-0.4, -0.2) is 42.5 Å². The van der Waals surface area contributed by atoms with Gasteiger partial charge in [-0.3, -0.25) is 9.69 Å². The molecule has 1 saturated heterocycles. The van der Waals surface area contributed by atoms with Gasteiger partial charge in [-0.15, -0.1) is 0 Å². The molecule has 2 atom stereocenters. The zero-order valence-electron chi connectivity index (χ0n) is 11.4. The SMILES string of the molecule is CC1CN(CCC(=O)c2cccc(Cl)c2)CC(C)O1. The van der Waals surface area contributed by atoms with Gasteiger partial charge in [0.2, 0.25) is 0 Å². The lowest BCUT2D eigenvalue weighted by atomic mass is 10.1. The van der Waals surface area contributed by atoms with E-state index in [9.17, 15) is 4.79 Å². The molecular formula is C15H20ClNO2. The van der Waals surface area contributed by atoms with E-state index in [1.807, 2.05) is 12.1 Å². The largest absolute Gasteiger partial charge is 0.373 e. The fraction of sp³-hybridized carbons (Fsp3) is 0.533. The van der Waals surface area contributed by atoms with Crippen molar-refractivity contribution in [3.8, 4) is 0 Å². The Morgan fingerprint density at radius 1 is 1.37 bits per heavy atom. The molecule has 19 heavy (non-hydrogen) atoms. The number of carbonyl (C=O) groups excluding carboxylic acids is 1. The number of halogens is 1. The normalized spacial score (nSPS) is 24.4. The van der Waals surface area contributed by atoms with Gasteiger partial charge in [0.05, 0.1) is 12.2 Å². The molecular weight excluding hydrogens is 262 g/mol. The van der Waals surface area contributed by atoms with E-state index in [-0.39, 0.29) is 18.0 Å². The average molecular weight is 282 g/mol. The number of Topliss-reactive ketones (excluding diaryl/α,β-unsaturated/α-hetero) is 1. The molecule has 0 saturated carbocycles. The number of hydrogen-bond donors (Lipinski definition) is 0. The number of hydrogen-bond acceptors (Lipinski definition) is 3. The Hall–Kier alpha value is -0.900. The third-order valence-electron chi connectivity index (χ3n) is 3.30. The molecule has 0 bridgehead atoms. The average Bonchev–Trinajstić information content (AvgIpc) is 2.35. The summed E-state index contributed by atoms with van der Waals surface area (Å²) in [5, 5.41) is 0.611. The molecule has 2 rings (SSSR count). The van der Waals surface area contributed by atoms with Crippen LogP contribution >= 0.6 is 11.6 Å². The fourth-order valence-electron chi connectivity index (χ4n) is 2.53. The van der Waals surface area contributed by atoms with E-state index < -0.39 is 0 Å². The Morgan fingerprint density at radius 2 is 2.05 bits per heavy atom. The third kappa shape index (κ3) is 4.30. The van der Waals surface area contributed by atoms with Gasteiger partial charge >= 0.3 is 0 Å². The van der Waals surface area contributed by atoms with Crippen LogP contribution in [-0.2, 0) is 4.74 Å². The third-order valence-corrected chi connectivity index (χ3v) is 3.53. The second kappa shape index (κ2) is 6.51. The molecule has 1 aliphatic heterocycles. The van der Waals surface area contributed by atoms with Crippen molar-refractivity contribution < 1.29 is 9.53 Å². The Labute approximate surface area is 119 Å². The maximum absolute atomic E-state index is 12.1. The predicted molar refractivity (Wildman–Crippen MR) is 76.8 cm³/mol. The van der Waals surface area contributed by atoms with E-state index in [1.165, 1.54) is 0 Å². The lowest BCUT2D eigenvalue weighted by Crippen LogP contribution is -2.46. The van der Waals surface area contributed by atoms with Gasteiger partial charge in [0.25, 0.3) is 0 Å². The Kier molecular flexibility index (Phi) is 4.97. The van der Waals surface area contributed by atoms with E-state index in [1.54, 1.807) is 12.1 Å². The fourth-order valence-corrected chi connectivity index (χ4v) is 2.72. The number of ketones is 1. The molecule has 1 aromatic carbocycles. The molecule has 1 aliphatic rings. The van der Waals surface area contributed by atoms with E-state index in [4.69, 9.17) is 16.3 Å². The summed E-state index contributed by atoms with van der Waals surface area (Å²) in [4.78, 5) is 14.4. The summed E-state index contributed by atoms with van der Waals surface area (Å²) in [6.45, 7) is 6.71. The van der Waals surface area contributed by atoms with E-state index >= 15 is 0 Å². The first-order valence-corrected chi connectivity index (χ1v) is 7.09. The minimum Gasteiger partial charge on any atom is -0.373 e. The van der Waals surface area contributed by atoms with Crippen molar-refractivity contribution in [2.45, 2.75) is 32.5 Å². The van der Waals surface area contributed by atoms with Crippen molar-refractivity contribution in [3.63, 3.8) is 0 Å². The molecule has 0 N–H and O–H groups in total. The van der Waals surface area contributed by atoms with Gasteiger partial charge in [-0.05, 0) is 26.0 Å². The Balaban J connectivity index is 1.86. The van der Waals surface area contributed by atoms with Crippen molar-refractivity contribution in [1.82, 2.24) is 4.90 Å². The Bertz CT molecular complexity index is 440. The van der Waals surface area contributed by atoms with E-state index in [0.29, 0.717) is 17.0 Å². The summed E-state index contributed by atoms with van der Waals surface area (Å²) >= 11 is 5.90. The molecule has 0 amide bonds. The van der Waals surface area contributed by atoms with Crippen molar-refractivity contribution in [2.24, 2.45) is 0 Å². The number of nitrogens with zero attached hydrogens (tertiary/aromatic N) is 1. The van der Waals surface area contributed by atoms with Crippen LogP contribution in [0.3, 0.4) is 0 Å². The van der Waals surface area contributed by atoms with Crippen LogP contribution in [0.15, 0.2) is 24.3 Å². The molecule has 1 fully saturated rings. The van der Waals surface area contributed by atoms with Gasteiger partial charge in [0.1, 0.15) is 0 Å². The molecule has 2 unspecified atom stereocenters. The van der Waals surface area contributed by atoms with E-state index in [2.05, 4.69) is 18.7 Å². The Morgan fingerprint density at radius 3 is 2.68 bits per heavy atom. The smallest absolute Gasteiger partial charge is 0.164 e. The highest BCUT2D eigenvalue weighted by atomic mass is 35.5. The highest BCUT2D eigenvalue weighted by Crippen LogP contribution is 2.14. The molecule has 4 heteroatoms. The molecule has 0 radical (unpaired) electrons. The summed E-state index contributed by atoms with van der Waals surface area (Å²) in [6.07, 6.45) is 1.01. The van der Waals surface area contributed by atoms with Crippen molar-refractivity contribution in [1.29, 1.82) is 0 Å². The minimum absolute atomic E-state index is 0.147. The molecule has 0 aromatic heterocycles. The monoisotopic (exact) mass is 281 g/mol. The standard InChI is InChI=1S/C15H20ClNO2/c1-11-9-17(10-12(2)19-11)7-6-15(18)13-4-3-5-14(16)8-13/h3-5,8,11-12H,6-7,9-10H2,1-2H3. The number of rotatable bonds is 4. The lowest BCUT2D eigenvalue weighted by Gasteiger charge is -2.35. The van der Waals surface area contributed by atoms with Gasteiger partial charge in [-0.25, -0.2) is 0 Å². The first-order valence-electron chi connectivity index (χ1n) is 6.71. The predicted octanol–water partition coefficient (Wildman–Crippen LogP) is 3.02. The maximum atomic E-state index is 12.1. The molecule has 1 aromatic rings. The van der Waals surface area contributed by atoms with Crippen LogP contribution in [0, 0.1) is 0 Å². The van der Waals surface area contributed by atoms with Crippen LogP contribution < -0.4 is 0 Å². The van der Waals surface area contributed by atoms with Crippen LogP contribution in [0.5, 0.6) is 0 Å².